The van der Waals surface area contributed by atoms with Crippen molar-refractivity contribution in [3.63, 3.8) is 0 Å². The molecule has 0 spiro atoms. The van der Waals surface area contributed by atoms with E-state index in [4.69, 9.17) is 5.11 Å². The Morgan fingerprint density at radius 1 is 0.889 bits per heavy atom. The third kappa shape index (κ3) is 7.28. The molecule has 0 bridgehead atoms. The molecule has 5 nitrogen and oxygen atoms in total. The van der Waals surface area contributed by atoms with E-state index in [-0.39, 0.29) is 18.7 Å². The molecule has 110 valence electrons. The summed E-state index contributed by atoms with van der Waals surface area (Å²) in [5.41, 5.74) is 0. The van der Waals surface area contributed by atoms with Gasteiger partial charge < -0.3 is 15.5 Å². The van der Waals surface area contributed by atoms with Crippen molar-refractivity contribution in [3.8, 4) is 0 Å². The molecule has 0 fully saturated rings. The lowest BCUT2D eigenvalue weighted by atomic mass is 9.98. The van der Waals surface area contributed by atoms with Crippen molar-refractivity contribution in [2.75, 3.05) is 19.7 Å². The fraction of sp³-hybridized carbons (Fsp3) is 1.00. The lowest BCUT2D eigenvalue weighted by Crippen LogP contribution is -2.38. The molecular weight excluding hydrogens is 232 g/mol. The van der Waals surface area contributed by atoms with Gasteiger partial charge in [-0.1, -0.05) is 20.3 Å². The van der Waals surface area contributed by atoms with Crippen LogP contribution in [-0.4, -0.2) is 57.4 Å². The van der Waals surface area contributed by atoms with Crippen molar-refractivity contribution < 1.29 is 15.5 Å². The van der Waals surface area contributed by atoms with Gasteiger partial charge in [0.15, 0.2) is 0 Å². The maximum Gasteiger partial charge on any atom is 0.0581 e. The van der Waals surface area contributed by atoms with Gasteiger partial charge in [-0.15, -0.1) is 0 Å². The summed E-state index contributed by atoms with van der Waals surface area (Å²) in [4.78, 5) is 0. The highest BCUT2D eigenvalue weighted by Crippen LogP contribution is 2.16. The van der Waals surface area contributed by atoms with Crippen LogP contribution >= 0.6 is 0 Å². The second kappa shape index (κ2) is 9.69. The second-order valence-electron chi connectivity index (χ2n) is 5.45. The zero-order valence-electron chi connectivity index (χ0n) is 12.2. The van der Waals surface area contributed by atoms with Gasteiger partial charge in [0.2, 0.25) is 0 Å². The monoisotopic (exact) mass is 262 g/mol. The predicted molar refractivity (Wildman–Crippen MR) is 71.7 cm³/mol. The van der Waals surface area contributed by atoms with Crippen LogP contribution < -0.4 is 0 Å². The molecule has 0 aromatic heterocycles. The molecule has 1 atom stereocenters. The van der Waals surface area contributed by atoms with Crippen LogP contribution in [0.1, 0.15) is 47.0 Å². The summed E-state index contributed by atoms with van der Waals surface area (Å²) < 4.78 is 0. The average molecular weight is 262 g/mol. The van der Waals surface area contributed by atoms with E-state index in [1.807, 2.05) is 13.8 Å². The van der Waals surface area contributed by atoms with Crippen LogP contribution in [0.25, 0.3) is 0 Å². The van der Waals surface area contributed by atoms with Gasteiger partial charge in [0, 0.05) is 25.2 Å². The number of hydrogen-bond donors (Lipinski definition) is 3. The van der Waals surface area contributed by atoms with E-state index < -0.39 is 0 Å². The van der Waals surface area contributed by atoms with Crippen LogP contribution in [0.4, 0.5) is 0 Å². The minimum atomic E-state index is -0.0303. The molecule has 0 saturated heterocycles. The van der Waals surface area contributed by atoms with Crippen LogP contribution in [0.5, 0.6) is 0 Å². The summed E-state index contributed by atoms with van der Waals surface area (Å²) >= 11 is 0. The molecule has 0 rings (SSSR count). The molecule has 0 aliphatic carbocycles. The number of nitrogens with zero attached hydrogens (tertiary/aromatic N) is 2. The molecule has 0 amide bonds. The topological polar surface area (TPSA) is 67.2 Å². The quantitative estimate of drug-likeness (QED) is 0.415. The number of unbranched alkanes of at least 4 members (excludes halogenated alkanes) is 1. The highest BCUT2D eigenvalue weighted by atomic mass is 16.5. The molecule has 0 aromatic carbocycles. The van der Waals surface area contributed by atoms with Gasteiger partial charge in [0.25, 0.3) is 0 Å². The SMILES string of the molecule is CC(C)C(CCCCN(O)C(C)C)N(O)CCO. The van der Waals surface area contributed by atoms with Crippen LogP contribution in [0.15, 0.2) is 0 Å². The molecule has 1 unspecified atom stereocenters. The third-order valence-corrected chi connectivity index (χ3v) is 3.21. The first-order valence-electron chi connectivity index (χ1n) is 6.92. The minimum Gasteiger partial charge on any atom is -0.395 e. The number of rotatable bonds is 10. The molecular formula is C13H30N2O3. The normalized spacial score (nSPS) is 14.2. The van der Waals surface area contributed by atoms with Gasteiger partial charge in [-0.2, -0.15) is 10.1 Å². The molecule has 0 aliphatic rings. The Balaban J connectivity index is 3.91. The van der Waals surface area contributed by atoms with Crippen LogP contribution in [0.3, 0.4) is 0 Å². The number of aliphatic hydroxyl groups is 1. The Morgan fingerprint density at radius 2 is 1.50 bits per heavy atom. The minimum absolute atomic E-state index is 0.0303. The molecule has 3 N–H and O–H groups in total. The summed E-state index contributed by atoms with van der Waals surface area (Å²) in [6, 6.07) is 0.220. The number of aliphatic hydroxyl groups excluding tert-OH is 1. The van der Waals surface area contributed by atoms with E-state index in [2.05, 4.69) is 13.8 Å². The van der Waals surface area contributed by atoms with E-state index in [1.165, 1.54) is 10.1 Å². The molecule has 0 saturated carbocycles. The van der Waals surface area contributed by atoms with Gasteiger partial charge in [-0.3, -0.25) is 0 Å². The maximum absolute atomic E-state index is 9.79. The molecule has 18 heavy (non-hydrogen) atoms. The van der Waals surface area contributed by atoms with Crippen LogP contribution in [0, 0.1) is 5.92 Å². The van der Waals surface area contributed by atoms with Crippen molar-refractivity contribution in [1.29, 1.82) is 0 Å². The summed E-state index contributed by atoms with van der Waals surface area (Å²) in [6.45, 7) is 8.96. The first-order chi connectivity index (χ1) is 8.40. The summed E-state index contributed by atoms with van der Waals surface area (Å²) in [5, 5.41) is 30.7. The molecule has 0 aliphatic heterocycles. The Bertz CT molecular complexity index is 201. The predicted octanol–water partition coefficient (Wildman–Crippen LogP) is 1.96. The zero-order valence-corrected chi connectivity index (χ0v) is 12.2. The maximum atomic E-state index is 9.79. The fourth-order valence-electron chi connectivity index (χ4n) is 1.98. The van der Waals surface area contributed by atoms with Crippen molar-refractivity contribution in [2.24, 2.45) is 5.92 Å². The van der Waals surface area contributed by atoms with E-state index in [9.17, 15) is 10.4 Å². The van der Waals surface area contributed by atoms with Gasteiger partial charge >= 0.3 is 0 Å². The Kier molecular flexibility index (Phi) is 9.59. The summed E-state index contributed by atoms with van der Waals surface area (Å²) in [5.74, 6) is 0.344. The molecule has 0 heterocycles. The fourth-order valence-corrected chi connectivity index (χ4v) is 1.98. The highest BCUT2D eigenvalue weighted by Gasteiger charge is 2.19. The van der Waals surface area contributed by atoms with Gasteiger partial charge in [0.05, 0.1) is 6.61 Å². The van der Waals surface area contributed by atoms with E-state index in [1.54, 1.807) is 0 Å². The van der Waals surface area contributed by atoms with Crippen LogP contribution in [0.2, 0.25) is 0 Å². The second-order valence-corrected chi connectivity index (χ2v) is 5.45. The van der Waals surface area contributed by atoms with E-state index in [0.717, 1.165) is 19.3 Å². The Morgan fingerprint density at radius 3 is 1.94 bits per heavy atom. The summed E-state index contributed by atoms with van der Waals surface area (Å²) in [7, 11) is 0. The Labute approximate surface area is 111 Å². The molecule has 5 heteroatoms. The van der Waals surface area contributed by atoms with E-state index >= 15 is 0 Å². The van der Waals surface area contributed by atoms with Gasteiger partial charge in [-0.05, 0) is 32.6 Å². The van der Waals surface area contributed by atoms with Crippen molar-refractivity contribution in [2.45, 2.75) is 59.0 Å². The van der Waals surface area contributed by atoms with Crippen molar-refractivity contribution in [1.82, 2.24) is 10.1 Å². The largest absolute Gasteiger partial charge is 0.395 e. The average Bonchev–Trinajstić information content (AvgIpc) is 2.27. The van der Waals surface area contributed by atoms with Crippen LogP contribution in [-0.2, 0) is 0 Å². The van der Waals surface area contributed by atoms with Gasteiger partial charge in [-0.25, -0.2) is 0 Å². The Hall–Kier alpha value is -0.200. The zero-order chi connectivity index (χ0) is 14.1. The molecule has 0 aromatic rings. The van der Waals surface area contributed by atoms with Crippen molar-refractivity contribution in [3.05, 3.63) is 0 Å². The van der Waals surface area contributed by atoms with Gasteiger partial charge in [0.1, 0.15) is 0 Å². The lowest BCUT2D eigenvalue weighted by molar-refractivity contribution is -0.147. The first kappa shape index (κ1) is 17.8. The highest BCUT2D eigenvalue weighted by molar-refractivity contribution is 4.69. The summed E-state index contributed by atoms with van der Waals surface area (Å²) in [6.07, 6.45) is 2.74. The lowest BCUT2D eigenvalue weighted by Gasteiger charge is -2.29. The third-order valence-electron chi connectivity index (χ3n) is 3.21. The number of hydroxylamine groups is 4. The number of hydrogen-bond acceptors (Lipinski definition) is 5. The first-order valence-corrected chi connectivity index (χ1v) is 6.92. The molecule has 0 radical (unpaired) electrons. The smallest absolute Gasteiger partial charge is 0.0581 e. The standard InChI is InChI=1S/C13H30N2O3/c1-11(2)13(15(18)9-10-16)7-5-6-8-14(17)12(3)4/h11-13,16-18H,5-10H2,1-4H3. The van der Waals surface area contributed by atoms with Crippen molar-refractivity contribution >= 4 is 0 Å². The van der Waals surface area contributed by atoms with E-state index in [0.29, 0.717) is 19.0 Å².